The summed E-state index contributed by atoms with van der Waals surface area (Å²) >= 11 is 12.3. The van der Waals surface area contributed by atoms with Gasteiger partial charge in [-0.15, -0.1) is 0 Å². The maximum atomic E-state index is 6.30. The quantitative estimate of drug-likeness (QED) is 0.318. The second-order valence-electron chi connectivity index (χ2n) is 7.01. The number of fused-ring (bicyclic) bond motifs is 1. The number of benzene rings is 3. The van der Waals surface area contributed by atoms with Crippen molar-refractivity contribution in [3.8, 4) is 11.5 Å². The molecule has 2 N–H and O–H groups in total. The molecule has 0 saturated carbocycles. The summed E-state index contributed by atoms with van der Waals surface area (Å²) in [5.74, 6) is 2.29. The second-order valence-corrected chi connectivity index (χ2v) is 7.85. The Bertz CT molecular complexity index is 1140. The number of aromatic nitrogens is 2. The van der Waals surface area contributed by atoms with E-state index in [0.717, 1.165) is 28.0 Å². The van der Waals surface area contributed by atoms with E-state index < -0.39 is 0 Å². The molecule has 4 aromatic rings. The Balaban J connectivity index is 1.47. The number of para-hydroxylation sites is 3. The Morgan fingerprint density at radius 2 is 1.81 bits per heavy atom. The molecule has 0 aliphatic carbocycles. The zero-order chi connectivity index (χ0) is 21.6. The number of H-pyrrole nitrogens is 1. The van der Waals surface area contributed by atoms with Gasteiger partial charge in [0.05, 0.1) is 24.2 Å². The number of hydrogen-bond donors (Lipinski definition) is 2. The molecule has 1 heterocycles. The molecule has 0 amide bonds. The first kappa shape index (κ1) is 21.5. The van der Waals surface area contributed by atoms with Crippen LogP contribution in [0.3, 0.4) is 0 Å². The Labute approximate surface area is 191 Å². The molecule has 0 aliphatic rings. The average Bonchev–Trinajstić information content (AvgIpc) is 3.17. The third kappa shape index (κ3) is 5.31. The van der Waals surface area contributed by atoms with Gasteiger partial charge in [0, 0.05) is 27.7 Å². The SMILES string of the molecule is CCOc1cccc(CNCc2nc3ccccc3[nH]2)c1OCc1ccc(Cl)cc1Cl. The van der Waals surface area contributed by atoms with Crippen LogP contribution in [0.25, 0.3) is 11.0 Å². The Morgan fingerprint density at radius 3 is 2.61 bits per heavy atom. The van der Waals surface area contributed by atoms with Crippen molar-refractivity contribution >= 4 is 34.2 Å². The minimum Gasteiger partial charge on any atom is -0.490 e. The highest BCUT2D eigenvalue weighted by atomic mass is 35.5. The fraction of sp³-hybridized carbons (Fsp3) is 0.208. The molecular weight excluding hydrogens is 433 g/mol. The summed E-state index contributed by atoms with van der Waals surface area (Å²) in [5, 5.41) is 4.60. The summed E-state index contributed by atoms with van der Waals surface area (Å²) in [6.07, 6.45) is 0. The predicted octanol–water partition coefficient (Wildman–Crippen LogP) is 6.14. The normalized spacial score (nSPS) is 11.1. The lowest BCUT2D eigenvalue weighted by atomic mass is 10.1. The van der Waals surface area contributed by atoms with Crippen molar-refractivity contribution in [3.63, 3.8) is 0 Å². The van der Waals surface area contributed by atoms with E-state index in [9.17, 15) is 0 Å². The van der Waals surface area contributed by atoms with Gasteiger partial charge >= 0.3 is 0 Å². The first-order chi connectivity index (χ1) is 15.1. The lowest BCUT2D eigenvalue weighted by Gasteiger charge is -2.17. The zero-order valence-corrected chi connectivity index (χ0v) is 18.6. The Hall–Kier alpha value is -2.73. The third-order valence-corrected chi connectivity index (χ3v) is 5.38. The van der Waals surface area contributed by atoms with E-state index >= 15 is 0 Å². The molecule has 4 rings (SSSR count). The van der Waals surface area contributed by atoms with Gasteiger partial charge in [-0.2, -0.15) is 0 Å². The van der Waals surface area contributed by atoms with Crippen LogP contribution in [0, 0.1) is 0 Å². The van der Waals surface area contributed by atoms with Crippen LogP contribution in [0.5, 0.6) is 11.5 Å². The van der Waals surface area contributed by atoms with Crippen molar-refractivity contribution in [3.05, 3.63) is 87.7 Å². The molecule has 0 atom stereocenters. The van der Waals surface area contributed by atoms with Crippen LogP contribution in [-0.2, 0) is 19.7 Å². The standard InChI is InChI=1S/C24H23Cl2N3O2/c1-2-30-22-9-5-6-16(24(22)31-15-17-10-11-18(25)12-19(17)26)13-27-14-23-28-20-7-3-4-8-21(20)29-23/h3-12,27H,2,13-15H2,1H3,(H,28,29). The second kappa shape index (κ2) is 10.1. The van der Waals surface area contributed by atoms with Gasteiger partial charge in [-0.3, -0.25) is 0 Å². The number of aromatic amines is 1. The van der Waals surface area contributed by atoms with Crippen LogP contribution in [0.15, 0.2) is 60.7 Å². The summed E-state index contributed by atoms with van der Waals surface area (Å²) in [6, 6.07) is 19.3. The first-order valence-electron chi connectivity index (χ1n) is 10.1. The lowest BCUT2D eigenvalue weighted by molar-refractivity contribution is 0.266. The monoisotopic (exact) mass is 455 g/mol. The fourth-order valence-electron chi connectivity index (χ4n) is 3.33. The van der Waals surface area contributed by atoms with Crippen LogP contribution in [0.4, 0.5) is 0 Å². The summed E-state index contributed by atoms with van der Waals surface area (Å²) in [7, 11) is 0. The van der Waals surface area contributed by atoms with E-state index in [0.29, 0.717) is 47.8 Å². The van der Waals surface area contributed by atoms with Crippen LogP contribution in [0.1, 0.15) is 23.9 Å². The van der Waals surface area contributed by atoms with Gasteiger partial charge in [0.25, 0.3) is 0 Å². The average molecular weight is 456 g/mol. The van der Waals surface area contributed by atoms with Gasteiger partial charge in [-0.25, -0.2) is 4.98 Å². The van der Waals surface area contributed by atoms with E-state index in [1.54, 1.807) is 12.1 Å². The molecule has 0 saturated heterocycles. The smallest absolute Gasteiger partial charge is 0.166 e. The molecule has 0 aliphatic heterocycles. The molecule has 31 heavy (non-hydrogen) atoms. The summed E-state index contributed by atoms with van der Waals surface area (Å²) < 4.78 is 12.0. The summed E-state index contributed by atoms with van der Waals surface area (Å²) in [5.41, 5.74) is 3.84. The minimum absolute atomic E-state index is 0.316. The maximum absolute atomic E-state index is 6.30. The van der Waals surface area contributed by atoms with Crippen molar-refractivity contribution in [2.75, 3.05) is 6.61 Å². The van der Waals surface area contributed by atoms with Crippen molar-refractivity contribution in [2.45, 2.75) is 26.6 Å². The highest BCUT2D eigenvalue weighted by molar-refractivity contribution is 6.35. The molecule has 0 radical (unpaired) electrons. The van der Waals surface area contributed by atoms with Gasteiger partial charge < -0.3 is 19.8 Å². The van der Waals surface area contributed by atoms with Crippen molar-refractivity contribution in [1.82, 2.24) is 15.3 Å². The summed E-state index contributed by atoms with van der Waals surface area (Å²) in [4.78, 5) is 7.94. The number of nitrogens with zero attached hydrogens (tertiary/aromatic N) is 1. The van der Waals surface area contributed by atoms with Gasteiger partial charge in [0.1, 0.15) is 12.4 Å². The molecule has 3 aromatic carbocycles. The van der Waals surface area contributed by atoms with Gasteiger partial charge in [0.2, 0.25) is 0 Å². The van der Waals surface area contributed by atoms with Crippen LogP contribution >= 0.6 is 23.2 Å². The molecular formula is C24H23Cl2N3O2. The molecule has 0 fully saturated rings. The highest BCUT2D eigenvalue weighted by Crippen LogP contribution is 2.33. The largest absolute Gasteiger partial charge is 0.490 e. The number of imidazole rings is 1. The molecule has 0 bridgehead atoms. The van der Waals surface area contributed by atoms with Crippen LogP contribution in [0.2, 0.25) is 10.0 Å². The van der Waals surface area contributed by atoms with E-state index in [-0.39, 0.29) is 0 Å². The van der Waals surface area contributed by atoms with Crippen molar-refractivity contribution < 1.29 is 9.47 Å². The molecule has 1 aromatic heterocycles. The number of ether oxygens (including phenoxy) is 2. The van der Waals surface area contributed by atoms with Gasteiger partial charge in [-0.05, 0) is 37.3 Å². The molecule has 5 nitrogen and oxygen atoms in total. The van der Waals surface area contributed by atoms with E-state index in [2.05, 4.69) is 15.3 Å². The Morgan fingerprint density at radius 1 is 0.935 bits per heavy atom. The van der Waals surface area contributed by atoms with Crippen molar-refractivity contribution in [1.29, 1.82) is 0 Å². The zero-order valence-electron chi connectivity index (χ0n) is 17.1. The fourth-order valence-corrected chi connectivity index (χ4v) is 3.79. The van der Waals surface area contributed by atoms with E-state index in [4.69, 9.17) is 32.7 Å². The minimum atomic E-state index is 0.316. The lowest BCUT2D eigenvalue weighted by Crippen LogP contribution is -2.15. The van der Waals surface area contributed by atoms with Gasteiger partial charge in [-0.1, -0.05) is 53.5 Å². The summed E-state index contributed by atoms with van der Waals surface area (Å²) in [6.45, 7) is 4.02. The number of halogens is 2. The predicted molar refractivity (Wildman–Crippen MR) is 125 cm³/mol. The first-order valence-corrected chi connectivity index (χ1v) is 10.9. The molecule has 160 valence electrons. The maximum Gasteiger partial charge on any atom is 0.166 e. The van der Waals surface area contributed by atoms with Crippen molar-refractivity contribution in [2.24, 2.45) is 0 Å². The molecule has 7 heteroatoms. The van der Waals surface area contributed by atoms with Crippen LogP contribution in [-0.4, -0.2) is 16.6 Å². The molecule has 0 unspecified atom stereocenters. The molecule has 0 spiro atoms. The number of rotatable bonds is 9. The number of nitrogens with one attached hydrogen (secondary N) is 2. The van der Waals surface area contributed by atoms with E-state index in [1.165, 1.54) is 0 Å². The van der Waals surface area contributed by atoms with E-state index in [1.807, 2.05) is 55.5 Å². The topological polar surface area (TPSA) is 59.2 Å². The Kier molecular flexibility index (Phi) is 6.97. The third-order valence-electron chi connectivity index (χ3n) is 4.79. The van der Waals surface area contributed by atoms with Crippen LogP contribution < -0.4 is 14.8 Å². The van der Waals surface area contributed by atoms with Gasteiger partial charge in [0.15, 0.2) is 11.5 Å². The highest BCUT2D eigenvalue weighted by Gasteiger charge is 2.13. The number of hydrogen-bond acceptors (Lipinski definition) is 4.